The van der Waals surface area contributed by atoms with Gasteiger partial charge in [0.2, 0.25) is 0 Å². The first-order valence-corrected chi connectivity index (χ1v) is 6.74. The number of rotatable bonds is 2. The summed E-state index contributed by atoms with van der Waals surface area (Å²) in [7, 11) is 0. The van der Waals surface area contributed by atoms with E-state index >= 15 is 0 Å². The average molecular weight is 266 g/mol. The normalized spacial score (nSPS) is 17.5. The third-order valence-corrected chi connectivity index (χ3v) is 3.18. The molecule has 6 heteroatoms. The van der Waals surface area contributed by atoms with Crippen molar-refractivity contribution < 1.29 is 9.53 Å². The standard InChI is InChI=1S/C13H22N4O2/c1-13(2,3)19-12(18)16-6-4-11(5-7-16)8-17-10-14-9-15-17/h9-11H,4-8H2,1-3H3. The van der Waals surface area contributed by atoms with Gasteiger partial charge in [-0.2, -0.15) is 5.10 Å². The van der Waals surface area contributed by atoms with Gasteiger partial charge in [-0.3, -0.25) is 4.68 Å². The number of ether oxygens (including phenoxy) is 1. The zero-order valence-electron chi connectivity index (χ0n) is 11.9. The number of carbonyl (C=O) groups is 1. The van der Waals surface area contributed by atoms with Gasteiger partial charge in [-0.15, -0.1) is 0 Å². The molecule has 1 aromatic heterocycles. The Morgan fingerprint density at radius 1 is 1.37 bits per heavy atom. The van der Waals surface area contributed by atoms with Gasteiger partial charge >= 0.3 is 6.09 Å². The van der Waals surface area contributed by atoms with Crippen LogP contribution in [0.25, 0.3) is 0 Å². The van der Waals surface area contributed by atoms with Gasteiger partial charge in [-0.1, -0.05) is 0 Å². The Kier molecular flexibility index (Phi) is 4.07. The Morgan fingerprint density at radius 2 is 2.05 bits per heavy atom. The monoisotopic (exact) mass is 266 g/mol. The Labute approximate surface area is 113 Å². The highest BCUT2D eigenvalue weighted by molar-refractivity contribution is 5.68. The van der Waals surface area contributed by atoms with Gasteiger partial charge in [-0.05, 0) is 39.5 Å². The van der Waals surface area contributed by atoms with E-state index < -0.39 is 5.60 Å². The van der Waals surface area contributed by atoms with Crippen LogP contribution in [0.5, 0.6) is 0 Å². The van der Waals surface area contributed by atoms with E-state index in [4.69, 9.17) is 4.74 Å². The number of aromatic nitrogens is 3. The third-order valence-electron chi connectivity index (χ3n) is 3.18. The first kappa shape index (κ1) is 13.8. The van der Waals surface area contributed by atoms with Crippen LogP contribution in [-0.2, 0) is 11.3 Å². The van der Waals surface area contributed by atoms with Crippen molar-refractivity contribution >= 4 is 6.09 Å². The molecule has 19 heavy (non-hydrogen) atoms. The number of carbonyl (C=O) groups excluding carboxylic acids is 1. The highest BCUT2D eigenvalue weighted by Crippen LogP contribution is 2.20. The predicted molar refractivity (Wildman–Crippen MR) is 70.6 cm³/mol. The van der Waals surface area contributed by atoms with Crippen molar-refractivity contribution in [2.45, 2.75) is 45.8 Å². The molecule has 1 aliphatic rings. The maximum absolute atomic E-state index is 11.9. The highest BCUT2D eigenvalue weighted by Gasteiger charge is 2.26. The lowest BCUT2D eigenvalue weighted by molar-refractivity contribution is 0.0177. The van der Waals surface area contributed by atoms with Crippen LogP contribution in [0.1, 0.15) is 33.6 Å². The molecule has 1 aliphatic heterocycles. The summed E-state index contributed by atoms with van der Waals surface area (Å²) in [6.07, 6.45) is 5.06. The van der Waals surface area contributed by atoms with Crippen LogP contribution in [0.3, 0.4) is 0 Å². The SMILES string of the molecule is CC(C)(C)OC(=O)N1CCC(Cn2cncn2)CC1. The first-order valence-electron chi connectivity index (χ1n) is 6.74. The van der Waals surface area contributed by atoms with Crippen LogP contribution >= 0.6 is 0 Å². The zero-order chi connectivity index (χ0) is 13.9. The Morgan fingerprint density at radius 3 is 2.58 bits per heavy atom. The molecule has 2 heterocycles. The molecule has 0 radical (unpaired) electrons. The summed E-state index contributed by atoms with van der Waals surface area (Å²) in [6.45, 7) is 8.07. The van der Waals surface area contributed by atoms with Crippen molar-refractivity contribution in [3.05, 3.63) is 12.7 Å². The molecule has 0 unspecified atom stereocenters. The molecule has 0 N–H and O–H groups in total. The van der Waals surface area contributed by atoms with Crippen molar-refractivity contribution in [2.24, 2.45) is 5.92 Å². The summed E-state index contributed by atoms with van der Waals surface area (Å²) in [5.41, 5.74) is -0.422. The van der Waals surface area contributed by atoms with Crippen LogP contribution in [0.4, 0.5) is 4.79 Å². The fraction of sp³-hybridized carbons (Fsp3) is 0.769. The lowest BCUT2D eigenvalue weighted by atomic mass is 9.97. The highest BCUT2D eigenvalue weighted by atomic mass is 16.6. The van der Waals surface area contributed by atoms with Crippen molar-refractivity contribution in [3.8, 4) is 0 Å². The zero-order valence-corrected chi connectivity index (χ0v) is 11.9. The molecule has 1 amide bonds. The number of nitrogens with zero attached hydrogens (tertiary/aromatic N) is 4. The fourth-order valence-corrected chi connectivity index (χ4v) is 2.22. The van der Waals surface area contributed by atoms with E-state index in [2.05, 4.69) is 10.1 Å². The van der Waals surface area contributed by atoms with Crippen LogP contribution in [0.15, 0.2) is 12.7 Å². The molecule has 0 aromatic carbocycles. The maximum Gasteiger partial charge on any atom is 0.410 e. The topological polar surface area (TPSA) is 60.2 Å². The molecule has 0 aliphatic carbocycles. The second-order valence-electron chi connectivity index (χ2n) is 6.03. The molecule has 1 fully saturated rings. The predicted octanol–water partition coefficient (Wildman–Crippen LogP) is 1.93. The maximum atomic E-state index is 11.9. The van der Waals surface area contributed by atoms with Gasteiger partial charge in [0.1, 0.15) is 18.3 Å². The van der Waals surface area contributed by atoms with Crippen LogP contribution in [0.2, 0.25) is 0 Å². The van der Waals surface area contributed by atoms with E-state index in [1.54, 1.807) is 17.6 Å². The van der Waals surface area contributed by atoms with Gasteiger partial charge in [0.05, 0.1) is 0 Å². The largest absolute Gasteiger partial charge is 0.444 e. The average Bonchev–Trinajstić information content (AvgIpc) is 2.80. The molecule has 1 saturated heterocycles. The number of hydrogen-bond donors (Lipinski definition) is 0. The van der Waals surface area contributed by atoms with Crippen molar-refractivity contribution in [1.29, 1.82) is 0 Å². The smallest absolute Gasteiger partial charge is 0.410 e. The Balaban J connectivity index is 1.77. The molecule has 0 saturated carbocycles. The van der Waals surface area contributed by atoms with Gasteiger partial charge in [0.15, 0.2) is 0 Å². The molecule has 1 aromatic rings. The first-order chi connectivity index (χ1) is 8.94. The fourth-order valence-electron chi connectivity index (χ4n) is 2.22. The molecule has 106 valence electrons. The van der Waals surface area contributed by atoms with Gasteiger partial charge in [0.25, 0.3) is 0 Å². The van der Waals surface area contributed by atoms with E-state index in [1.165, 1.54) is 0 Å². The van der Waals surface area contributed by atoms with E-state index in [0.717, 1.165) is 32.5 Å². The van der Waals surface area contributed by atoms with Crippen molar-refractivity contribution in [3.63, 3.8) is 0 Å². The molecule has 0 atom stereocenters. The van der Waals surface area contributed by atoms with E-state index in [-0.39, 0.29) is 6.09 Å². The summed E-state index contributed by atoms with van der Waals surface area (Å²) in [4.78, 5) is 17.6. The minimum Gasteiger partial charge on any atom is -0.444 e. The molecule has 6 nitrogen and oxygen atoms in total. The molecule has 0 spiro atoms. The van der Waals surface area contributed by atoms with Crippen molar-refractivity contribution in [2.75, 3.05) is 13.1 Å². The Hall–Kier alpha value is -1.59. The quantitative estimate of drug-likeness (QED) is 0.820. The van der Waals surface area contributed by atoms with Crippen molar-refractivity contribution in [1.82, 2.24) is 19.7 Å². The van der Waals surface area contributed by atoms with Gasteiger partial charge in [-0.25, -0.2) is 9.78 Å². The van der Waals surface area contributed by atoms with Gasteiger partial charge in [0, 0.05) is 19.6 Å². The van der Waals surface area contributed by atoms with Crippen LogP contribution < -0.4 is 0 Å². The second-order valence-corrected chi connectivity index (χ2v) is 6.03. The number of piperidine rings is 1. The molecular weight excluding hydrogens is 244 g/mol. The lowest BCUT2D eigenvalue weighted by Gasteiger charge is -2.33. The summed E-state index contributed by atoms with van der Waals surface area (Å²) in [5, 5.41) is 4.11. The minimum absolute atomic E-state index is 0.202. The Bertz CT molecular complexity index is 403. The van der Waals surface area contributed by atoms with Crippen LogP contribution in [0, 0.1) is 5.92 Å². The number of amides is 1. The lowest BCUT2D eigenvalue weighted by Crippen LogP contribution is -2.42. The van der Waals surface area contributed by atoms with Crippen LogP contribution in [-0.4, -0.2) is 44.4 Å². The summed E-state index contributed by atoms with van der Waals surface area (Å²) in [5.74, 6) is 0.556. The van der Waals surface area contributed by atoms with E-state index in [9.17, 15) is 4.79 Å². The third kappa shape index (κ3) is 4.22. The summed E-state index contributed by atoms with van der Waals surface area (Å²) in [6, 6.07) is 0. The number of hydrogen-bond acceptors (Lipinski definition) is 4. The van der Waals surface area contributed by atoms with E-state index in [1.807, 2.05) is 25.5 Å². The molecular formula is C13H22N4O2. The van der Waals surface area contributed by atoms with E-state index in [0.29, 0.717) is 5.92 Å². The molecule has 0 bridgehead atoms. The van der Waals surface area contributed by atoms with Gasteiger partial charge < -0.3 is 9.64 Å². The summed E-state index contributed by atoms with van der Waals surface area (Å²) < 4.78 is 7.23. The number of likely N-dealkylation sites (tertiary alicyclic amines) is 1. The summed E-state index contributed by atoms with van der Waals surface area (Å²) >= 11 is 0. The second kappa shape index (κ2) is 5.59. The minimum atomic E-state index is -0.422. The molecule has 2 rings (SSSR count).